The van der Waals surface area contributed by atoms with Gasteiger partial charge in [0.15, 0.2) is 0 Å². The van der Waals surface area contributed by atoms with E-state index in [0.29, 0.717) is 28.9 Å². The fourth-order valence-corrected chi connectivity index (χ4v) is 5.90. The van der Waals surface area contributed by atoms with E-state index in [2.05, 4.69) is 10.9 Å². The SMILES string of the molecule is Cc1cc(C)c(S(=O)(=O)N2CCC(C(=O)NNC(=O)c3ccccc3O)CC2)c(C)c1. The van der Waals surface area contributed by atoms with Gasteiger partial charge in [0.05, 0.1) is 10.5 Å². The Labute approximate surface area is 182 Å². The molecule has 8 nitrogen and oxygen atoms in total. The summed E-state index contributed by atoms with van der Waals surface area (Å²) in [5.74, 6) is -1.62. The molecule has 0 spiro atoms. The molecule has 0 radical (unpaired) electrons. The summed E-state index contributed by atoms with van der Waals surface area (Å²) >= 11 is 0. The number of hydrogen-bond acceptors (Lipinski definition) is 5. The van der Waals surface area contributed by atoms with Crippen LogP contribution in [0.15, 0.2) is 41.3 Å². The maximum absolute atomic E-state index is 13.2. The molecule has 0 bridgehead atoms. The maximum atomic E-state index is 13.2. The van der Waals surface area contributed by atoms with Crippen LogP contribution in [0.5, 0.6) is 5.75 Å². The summed E-state index contributed by atoms with van der Waals surface area (Å²) in [6, 6.07) is 9.72. The molecule has 0 atom stereocenters. The Morgan fingerprint density at radius 1 is 1.00 bits per heavy atom. The van der Waals surface area contributed by atoms with Crippen LogP contribution in [0, 0.1) is 26.7 Å². The van der Waals surface area contributed by atoms with Gasteiger partial charge in [0, 0.05) is 19.0 Å². The van der Waals surface area contributed by atoms with Gasteiger partial charge in [-0.2, -0.15) is 4.31 Å². The number of phenolic OH excluding ortho intramolecular Hbond substituents is 1. The second kappa shape index (κ2) is 9.07. The summed E-state index contributed by atoms with van der Waals surface area (Å²) in [7, 11) is -3.65. The van der Waals surface area contributed by atoms with Crippen LogP contribution in [0.25, 0.3) is 0 Å². The Kier molecular flexibility index (Phi) is 6.66. The van der Waals surface area contributed by atoms with Crippen molar-refractivity contribution in [3.63, 3.8) is 0 Å². The molecule has 1 aliphatic rings. The van der Waals surface area contributed by atoms with Gasteiger partial charge in [-0.1, -0.05) is 29.8 Å². The molecular formula is C22H27N3O5S. The van der Waals surface area contributed by atoms with Gasteiger partial charge in [-0.3, -0.25) is 20.4 Å². The number of benzene rings is 2. The molecule has 0 aliphatic carbocycles. The number of rotatable bonds is 4. The van der Waals surface area contributed by atoms with Crippen molar-refractivity contribution in [3.05, 3.63) is 58.7 Å². The first kappa shape index (κ1) is 22.8. The minimum Gasteiger partial charge on any atom is -0.507 e. The van der Waals surface area contributed by atoms with Crippen LogP contribution >= 0.6 is 0 Å². The number of aromatic hydroxyl groups is 1. The molecule has 0 aromatic heterocycles. The quantitative estimate of drug-likeness (QED) is 0.624. The molecule has 3 N–H and O–H groups in total. The van der Waals surface area contributed by atoms with Crippen molar-refractivity contribution in [2.75, 3.05) is 13.1 Å². The number of piperidine rings is 1. The largest absolute Gasteiger partial charge is 0.507 e. The highest BCUT2D eigenvalue weighted by Crippen LogP contribution is 2.28. The Balaban J connectivity index is 1.60. The van der Waals surface area contributed by atoms with Crippen molar-refractivity contribution >= 4 is 21.8 Å². The van der Waals surface area contributed by atoms with E-state index < -0.39 is 21.8 Å². The molecule has 0 saturated carbocycles. The van der Waals surface area contributed by atoms with E-state index in [-0.39, 0.29) is 30.3 Å². The molecular weight excluding hydrogens is 418 g/mol. The van der Waals surface area contributed by atoms with Gasteiger partial charge in [-0.15, -0.1) is 0 Å². The molecule has 1 aliphatic heterocycles. The molecule has 2 aromatic carbocycles. The Bertz CT molecular complexity index is 1080. The number of nitrogens with zero attached hydrogens (tertiary/aromatic N) is 1. The van der Waals surface area contributed by atoms with Crippen LogP contribution in [0.1, 0.15) is 39.9 Å². The van der Waals surface area contributed by atoms with Crippen LogP contribution in [-0.4, -0.2) is 42.7 Å². The number of aryl methyl sites for hydroxylation is 3. The first-order valence-electron chi connectivity index (χ1n) is 10.1. The number of hydrazine groups is 1. The van der Waals surface area contributed by atoms with Crippen LogP contribution in [-0.2, 0) is 14.8 Å². The van der Waals surface area contributed by atoms with Crippen molar-refractivity contribution in [2.45, 2.75) is 38.5 Å². The van der Waals surface area contributed by atoms with Crippen molar-refractivity contribution in [1.82, 2.24) is 15.2 Å². The highest BCUT2D eigenvalue weighted by molar-refractivity contribution is 7.89. The second-order valence-corrected chi connectivity index (χ2v) is 9.74. The Morgan fingerprint density at radius 2 is 1.58 bits per heavy atom. The third kappa shape index (κ3) is 4.88. The molecule has 0 unspecified atom stereocenters. The summed E-state index contributed by atoms with van der Waals surface area (Å²) < 4.78 is 27.7. The topological polar surface area (TPSA) is 116 Å². The van der Waals surface area contributed by atoms with E-state index in [9.17, 15) is 23.1 Å². The van der Waals surface area contributed by atoms with E-state index in [1.807, 2.05) is 19.1 Å². The summed E-state index contributed by atoms with van der Waals surface area (Å²) in [6.07, 6.45) is 0.697. The predicted molar refractivity (Wildman–Crippen MR) is 116 cm³/mol. The summed E-state index contributed by atoms with van der Waals surface area (Å²) in [5, 5.41) is 9.71. The van der Waals surface area contributed by atoms with Crippen molar-refractivity contribution in [1.29, 1.82) is 0 Å². The average molecular weight is 446 g/mol. The maximum Gasteiger partial charge on any atom is 0.273 e. The fraction of sp³-hybridized carbons (Fsp3) is 0.364. The average Bonchev–Trinajstić information content (AvgIpc) is 2.71. The predicted octanol–water partition coefficient (Wildman–Crippen LogP) is 2.18. The van der Waals surface area contributed by atoms with Crippen molar-refractivity contribution in [2.24, 2.45) is 5.92 Å². The van der Waals surface area contributed by atoms with E-state index in [4.69, 9.17) is 0 Å². The molecule has 9 heteroatoms. The molecule has 31 heavy (non-hydrogen) atoms. The van der Waals surface area contributed by atoms with Gasteiger partial charge in [0.2, 0.25) is 15.9 Å². The number of carbonyl (C=O) groups excluding carboxylic acids is 2. The van der Waals surface area contributed by atoms with Gasteiger partial charge < -0.3 is 5.11 Å². The molecule has 1 saturated heterocycles. The lowest BCUT2D eigenvalue weighted by Crippen LogP contribution is -2.48. The third-order valence-electron chi connectivity index (χ3n) is 5.48. The van der Waals surface area contributed by atoms with Crippen LogP contribution in [0.2, 0.25) is 0 Å². The lowest BCUT2D eigenvalue weighted by atomic mass is 9.98. The summed E-state index contributed by atoms with van der Waals surface area (Å²) in [5.41, 5.74) is 7.15. The number of para-hydroxylation sites is 1. The normalized spacial score (nSPS) is 15.5. The van der Waals surface area contributed by atoms with E-state index in [1.54, 1.807) is 26.0 Å². The van der Waals surface area contributed by atoms with Crippen molar-refractivity contribution in [3.8, 4) is 5.75 Å². The number of phenols is 1. The van der Waals surface area contributed by atoms with Crippen LogP contribution < -0.4 is 10.9 Å². The second-order valence-electron chi connectivity index (χ2n) is 7.87. The lowest BCUT2D eigenvalue weighted by Gasteiger charge is -2.31. The van der Waals surface area contributed by atoms with Crippen LogP contribution in [0.4, 0.5) is 0 Å². The zero-order valence-corrected chi connectivity index (χ0v) is 18.6. The first-order valence-corrected chi connectivity index (χ1v) is 11.5. The van der Waals surface area contributed by atoms with E-state index >= 15 is 0 Å². The molecule has 1 heterocycles. The van der Waals surface area contributed by atoms with Gasteiger partial charge in [0.1, 0.15) is 5.75 Å². The highest BCUT2D eigenvalue weighted by atomic mass is 32.2. The smallest absolute Gasteiger partial charge is 0.273 e. The molecule has 2 aromatic rings. The number of carbonyl (C=O) groups is 2. The summed E-state index contributed by atoms with van der Waals surface area (Å²) in [6.45, 7) is 5.96. The molecule has 1 fully saturated rings. The molecule has 2 amide bonds. The number of hydrogen-bond donors (Lipinski definition) is 3. The van der Waals surface area contributed by atoms with Gasteiger partial charge >= 0.3 is 0 Å². The van der Waals surface area contributed by atoms with Crippen LogP contribution in [0.3, 0.4) is 0 Å². The molecule has 3 rings (SSSR count). The Morgan fingerprint density at radius 3 is 2.16 bits per heavy atom. The third-order valence-corrected chi connectivity index (χ3v) is 7.68. The van der Waals surface area contributed by atoms with Gasteiger partial charge in [-0.25, -0.2) is 8.42 Å². The standard InChI is InChI=1S/C22H27N3O5S/c1-14-12-15(2)20(16(3)13-14)31(29,30)25-10-8-17(9-11-25)21(27)23-24-22(28)18-6-4-5-7-19(18)26/h4-7,12-13,17,26H,8-11H2,1-3H3,(H,23,27)(H,24,28). The zero-order valence-electron chi connectivity index (χ0n) is 17.8. The minimum absolute atomic E-state index is 0.0487. The van der Waals surface area contributed by atoms with Gasteiger partial charge in [0.25, 0.3) is 5.91 Å². The van der Waals surface area contributed by atoms with Crippen molar-refractivity contribution < 1.29 is 23.1 Å². The number of sulfonamides is 1. The number of nitrogens with one attached hydrogen (secondary N) is 2. The zero-order chi connectivity index (χ0) is 22.8. The summed E-state index contributed by atoms with van der Waals surface area (Å²) in [4.78, 5) is 24.9. The Hall–Kier alpha value is -2.91. The fourth-order valence-electron chi connectivity index (χ4n) is 4.01. The van der Waals surface area contributed by atoms with E-state index in [0.717, 1.165) is 5.56 Å². The first-order chi connectivity index (χ1) is 14.6. The lowest BCUT2D eigenvalue weighted by molar-refractivity contribution is -0.126. The van der Waals surface area contributed by atoms with Gasteiger partial charge in [-0.05, 0) is 56.9 Å². The number of amides is 2. The van der Waals surface area contributed by atoms with E-state index in [1.165, 1.54) is 16.4 Å². The monoisotopic (exact) mass is 445 g/mol. The minimum atomic E-state index is -3.65. The molecule has 166 valence electrons. The highest BCUT2D eigenvalue weighted by Gasteiger charge is 2.33.